The normalized spacial score (nSPS) is 12.0. The van der Waals surface area contributed by atoms with E-state index in [1.165, 1.54) is 38.5 Å². The lowest BCUT2D eigenvalue weighted by Gasteiger charge is -2.07. The van der Waals surface area contributed by atoms with Gasteiger partial charge >= 0.3 is 0 Å². The first-order valence-electron chi connectivity index (χ1n) is 15.3. The summed E-state index contributed by atoms with van der Waals surface area (Å²) in [6.07, 6.45) is 0. The molecule has 0 N–H and O–H groups in total. The van der Waals surface area contributed by atoms with Gasteiger partial charge in [-0.25, -0.2) is 0 Å². The fourth-order valence-corrected chi connectivity index (χ4v) is 7.08. The van der Waals surface area contributed by atoms with Crippen molar-refractivity contribution in [3.63, 3.8) is 0 Å². The van der Waals surface area contributed by atoms with Crippen molar-refractivity contribution in [3.8, 4) is 27.9 Å². The van der Waals surface area contributed by atoms with Crippen molar-refractivity contribution in [3.05, 3.63) is 152 Å². The zero-order valence-electron chi connectivity index (χ0n) is 24.2. The maximum absolute atomic E-state index is 6.52. The van der Waals surface area contributed by atoms with Crippen LogP contribution >= 0.6 is 0 Å². The molecule has 0 unspecified atom stereocenters. The summed E-state index contributed by atoms with van der Waals surface area (Å²) < 4.78 is 15.4. The van der Waals surface area contributed by atoms with E-state index in [1.54, 1.807) is 0 Å². The molecule has 0 fully saturated rings. The summed E-state index contributed by atoms with van der Waals surface area (Å²) in [6, 6.07) is 53.7. The number of hydrogen-bond acceptors (Lipinski definition) is 2. The van der Waals surface area contributed by atoms with Gasteiger partial charge in [0.2, 0.25) is 0 Å². The Balaban J connectivity index is 1.13. The number of furan rings is 2. The third-order valence-corrected chi connectivity index (χ3v) is 9.20. The van der Waals surface area contributed by atoms with Gasteiger partial charge in [-0.15, -0.1) is 0 Å². The largest absolute Gasteiger partial charge is 0.452 e. The Kier molecular flexibility index (Phi) is 5.00. The summed E-state index contributed by atoms with van der Waals surface area (Å²) in [6.45, 7) is 0. The zero-order valence-corrected chi connectivity index (χ0v) is 24.2. The van der Waals surface area contributed by atoms with E-state index in [4.69, 9.17) is 8.83 Å². The molecule has 3 heterocycles. The van der Waals surface area contributed by atoms with Gasteiger partial charge in [-0.2, -0.15) is 0 Å². The van der Waals surface area contributed by atoms with Crippen molar-refractivity contribution in [2.45, 2.75) is 0 Å². The third kappa shape index (κ3) is 3.58. The monoisotopic (exact) mass is 575 g/mol. The highest BCUT2D eigenvalue weighted by molar-refractivity contribution is 6.19. The summed E-state index contributed by atoms with van der Waals surface area (Å²) in [5.74, 6) is 0. The van der Waals surface area contributed by atoms with Gasteiger partial charge in [0, 0.05) is 38.0 Å². The van der Waals surface area contributed by atoms with Crippen LogP contribution < -0.4 is 0 Å². The average Bonchev–Trinajstić information content (AvgIpc) is 3.78. The highest BCUT2D eigenvalue weighted by atomic mass is 16.4. The Morgan fingerprint density at radius 3 is 1.56 bits per heavy atom. The van der Waals surface area contributed by atoms with Crippen LogP contribution in [0.25, 0.3) is 93.6 Å². The molecule has 0 saturated carbocycles. The Morgan fingerprint density at radius 1 is 0.333 bits per heavy atom. The van der Waals surface area contributed by atoms with Crippen LogP contribution in [0.1, 0.15) is 0 Å². The lowest BCUT2D eigenvalue weighted by molar-refractivity contribution is 0.633. The maximum Gasteiger partial charge on any atom is 0.178 e. The molecule has 210 valence electrons. The van der Waals surface area contributed by atoms with Crippen molar-refractivity contribution in [2.75, 3.05) is 0 Å². The maximum atomic E-state index is 6.52. The Labute approximate surface area is 258 Å². The lowest BCUT2D eigenvalue weighted by Crippen LogP contribution is -1.93. The van der Waals surface area contributed by atoms with Gasteiger partial charge in [-0.05, 0) is 82.9 Å². The summed E-state index contributed by atoms with van der Waals surface area (Å²) in [5.41, 5.74) is 11.5. The molecule has 45 heavy (non-hydrogen) atoms. The van der Waals surface area contributed by atoms with Crippen LogP contribution in [0.5, 0.6) is 0 Å². The molecule has 3 nitrogen and oxygen atoms in total. The van der Waals surface area contributed by atoms with E-state index >= 15 is 0 Å². The second-order valence-corrected chi connectivity index (χ2v) is 11.7. The van der Waals surface area contributed by atoms with Crippen LogP contribution in [0.4, 0.5) is 0 Å². The SMILES string of the molecule is c1ccc(-c2cccc(-c3ccc4oc5c(ccc6c7cc(-n8c9ccccc9c9ccccc98)ccc7oc65)c4c3)c2)cc1. The number of hydrogen-bond donors (Lipinski definition) is 0. The predicted octanol–water partition coefficient (Wildman–Crippen LogP) is 11.9. The second-order valence-electron chi connectivity index (χ2n) is 11.7. The highest BCUT2D eigenvalue weighted by Crippen LogP contribution is 2.41. The molecule has 0 atom stereocenters. The minimum absolute atomic E-state index is 0.783. The van der Waals surface area contributed by atoms with Crippen LogP contribution in [0, 0.1) is 0 Å². The van der Waals surface area contributed by atoms with Gasteiger partial charge in [-0.3, -0.25) is 0 Å². The number of rotatable bonds is 3. The Morgan fingerprint density at radius 2 is 0.867 bits per heavy atom. The van der Waals surface area contributed by atoms with Gasteiger partial charge in [0.25, 0.3) is 0 Å². The molecule has 3 heteroatoms. The van der Waals surface area contributed by atoms with E-state index in [1.807, 2.05) is 0 Å². The van der Waals surface area contributed by atoms with E-state index < -0.39 is 0 Å². The van der Waals surface area contributed by atoms with Crippen molar-refractivity contribution in [2.24, 2.45) is 0 Å². The molecule has 10 aromatic rings. The molecule has 0 spiro atoms. The first-order valence-corrected chi connectivity index (χ1v) is 15.3. The predicted molar refractivity (Wildman–Crippen MR) is 186 cm³/mol. The van der Waals surface area contributed by atoms with Crippen LogP contribution in [0.3, 0.4) is 0 Å². The number of aromatic nitrogens is 1. The lowest BCUT2D eigenvalue weighted by atomic mass is 9.98. The van der Waals surface area contributed by atoms with E-state index in [-0.39, 0.29) is 0 Å². The fraction of sp³-hybridized carbons (Fsp3) is 0. The molecule has 10 rings (SSSR count). The topological polar surface area (TPSA) is 31.2 Å². The van der Waals surface area contributed by atoms with Crippen molar-refractivity contribution >= 4 is 65.7 Å². The number of para-hydroxylation sites is 2. The molecule has 3 aromatic heterocycles. The minimum Gasteiger partial charge on any atom is -0.452 e. The van der Waals surface area contributed by atoms with Gasteiger partial charge < -0.3 is 13.4 Å². The first kappa shape index (κ1) is 24.4. The van der Waals surface area contributed by atoms with E-state index in [0.29, 0.717) is 0 Å². The van der Waals surface area contributed by atoms with Gasteiger partial charge in [0.1, 0.15) is 11.2 Å². The van der Waals surface area contributed by atoms with Crippen LogP contribution in [0.15, 0.2) is 160 Å². The summed E-state index contributed by atoms with van der Waals surface area (Å²) >= 11 is 0. The summed E-state index contributed by atoms with van der Waals surface area (Å²) in [5, 5.41) is 6.77. The Hall–Kier alpha value is -6.06. The quantitative estimate of drug-likeness (QED) is 0.210. The minimum atomic E-state index is 0.783. The van der Waals surface area contributed by atoms with E-state index in [0.717, 1.165) is 55.1 Å². The number of benzene rings is 7. The molecule has 0 amide bonds. The van der Waals surface area contributed by atoms with Gasteiger partial charge in [-0.1, -0.05) is 91.0 Å². The molecule has 0 aliphatic carbocycles. The number of fused-ring (bicyclic) bond motifs is 10. The molecule has 7 aromatic carbocycles. The average molecular weight is 576 g/mol. The standard InChI is InChI=1S/C42H25NO2/c1-2-9-26(10-3-1)27-11-8-12-28(23-27)29-17-21-39-35(24-29)33-19-20-34-36-25-30(18-22-40(36)45-42(34)41(33)44-39)43-37-15-6-4-13-31(37)32-14-5-7-16-38(32)43/h1-25H. The molecule has 0 radical (unpaired) electrons. The molecule has 0 bridgehead atoms. The highest BCUT2D eigenvalue weighted by Gasteiger charge is 2.18. The third-order valence-electron chi connectivity index (χ3n) is 9.20. The van der Waals surface area contributed by atoms with E-state index in [9.17, 15) is 0 Å². The summed E-state index contributed by atoms with van der Waals surface area (Å²) in [4.78, 5) is 0. The first-order chi connectivity index (χ1) is 22.3. The second kappa shape index (κ2) is 9.22. The van der Waals surface area contributed by atoms with Gasteiger partial charge in [0.05, 0.1) is 11.0 Å². The van der Waals surface area contributed by atoms with Crippen LogP contribution in [0.2, 0.25) is 0 Å². The molecular formula is C42H25NO2. The smallest absolute Gasteiger partial charge is 0.178 e. The zero-order chi connectivity index (χ0) is 29.5. The molecule has 0 aliphatic rings. The van der Waals surface area contributed by atoms with E-state index in [2.05, 4.69) is 156 Å². The van der Waals surface area contributed by atoms with Crippen molar-refractivity contribution < 1.29 is 8.83 Å². The van der Waals surface area contributed by atoms with Gasteiger partial charge in [0.15, 0.2) is 11.2 Å². The molecule has 0 saturated heterocycles. The van der Waals surface area contributed by atoms with Crippen molar-refractivity contribution in [1.82, 2.24) is 4.57 Å². The summed E-state index contributed by atoms with van der Waals surface area (Å²) in [7, 11) is 0. The van der Waals surface area contributed by atoms with Crippen LogP contribution in [-0.4, -0.2) is 4.57 Å². The Bertz CT molecular complexity index is 2710. The molecule has 0 aliphatic heterocycles. The molecular weight excluding hydrogens is 550 g/mol. The number of nitrogens with zero attached hydrogens (tertiary/aromatic N) is 1. The van der Waals surface area contributed by atoms with Crippen LogP contribution in [-0.2, 0) is 0 Å². The van der Waals surface area contributed by atoms with Crippen molar-refractivity contribution in [1.29, 1.82) is 0 Å². The fourth-order valence-electron chi connectivity index (χ4n) is 7.08.